The van der Waals surface area contributed by atoms with E-state index in [0.717, 1.165) is 11.3 Å². The SMILES string of the molecule is CC(C)(C)OC(=O)NCC1Cn2nc(Br)cc2CN1C(=O)OCc1ccccc1. The molecule has 0 saturated heterocycles. The van der Waals surface area contributed by atoms with Gasteiger partial charge in [0, 0.05) is 6.54 Å². The van der Waals surface area contributed by atoms with Crippen molar-refractivity contribution >= 4 is 28.1 Å². The molecule has 1 aromatic carbocycles. The van der Waals surface area contributed by atoms with E-state index in [9.17, 15) is 9.59 Å². The number of carbonyl (C=O) groups excluding carboxylic acids is 2. The molecule has 1 atom stereocenters. The van der Waals surface area contributed by atoms with Crippen LogP contribution in [0.4, 0.5) is 9.59 Å². The summed E-state index contributed by atoms with van der Waals surface area (Å²) in [5, 5.41) is 7.13. The van der Waals surface area contributed by atoms with Gasteiger partial charge in [0.2, 0.25) is 0 Å². The molecular formula is C20H25BrN4O4. The Bertz CT molecular complexity index is 863. The number of fused-ring (bicyclic) bond motifs is 1. The number of hydrogen-bond donors (Lipinski definition) is 1. The van der Waals surface area contributed by atoms with Gasteiger partial charge in [0.1, 0.15) is 16.8 Å². The third kappa shape index (κ3) is 5.96. The number of nitrogens with zero attached hydrogens (tertiary/aromatic N) is 3. The van der Waals surface area contributed by atoms with Crippen molar-refractivity contribution in [2.45, 2.75) is 52.1 Å². The van der Waals surface area contributed by atoms with Crippen LogP contribution in [0.1, 0.15) is 32.0 Å². The van der Waals surface area contributed by atoms with Gasteiger partial charge in [-0.3, -0.25) is 9.58 Å². The first-order valence-electron chi connectivity index (χ1n) is 9.37. The molecule has 2 amide bonds. The highest BCUT2D eigenvalue weighted by Crippen LogP contribution is 2.22. The molecule has 2 heterocycles. The summed E-state index contributed by atoms with van der Waals surface area (Å²) in [6, 6.07) is 11.1. The number of benzene rings is 1. The average molecular weight is 465 g/mol. The predicted molar refractivity (Wildman–Crippen MR) is 110 cm³/mol. The Labute approximate surface area is 178 Å². The summed E-state index contributed by atoms with van der Waals surface area (Å²) >= 11 is 3.37. The summed E-state index contributed by atoms with van der Waals surface area (Å²) in [4.78, 5) is 26.4. The minimum absolute atomic E-state index is 0.186. The Hall–Kier alpha value is -2.55. The van der Waals surface area contributed by atoms with Gasteiger partial charge in [0.25, 0.3) is 0 Å². The highest BCUT2D eigenvalue weighted by Gasteiger charge is 2.32. The fraction of sp³-hybridized carbons (Fsp3) is 0.450. The van der Waals surface area contributed by atoms with Gasteiger partial charge in [0.05, 0.1) is 24.8 Å². The summed E-state index contributed by atoms with van der Waals surface area (Å²) in [6.07, 6.45) is -0.962. The molecule has 1 aliphatic heterocycles. The van der Waals surface area contributed by atoms with E-state index in [4.69, 9.17) is 9.47 Å². The molecule has 9 heteroatoms. The molecule has 3 rings (SSSR count). The van der Waals surface area contributed by atoms with Crippen molar-refractivity contribution in [1.82, 2.24) is 20.0 Å². The molecule has 0 fully saturated rings. The monoisotopic (exact) mass is 464 g/mol. The van der Waals surface area contributed by atoms with Gasteiger partial charge in [-0.25, -0.2) is 9.59 Å². The van der Waals surface area contributed by atoms with Crippen molar-refractivity contribution in [3.8, 4) is 0 Å². The number of aromatic nitrogens is 2. The maximum Gasteiger partial charge on any atom is 0.410 e. The number of nitrogens with one attached hydrogen (secondary N) is 1. The van der Waals surface area contributed by atoms with Gasteiger partial charge in [-0.05, 0) is 48.3 Å². The topological polar surface area (TPSA) is 85.7 Å². The van der Waals surface area contributed by atoms with Gasteiger partial charge in [-0.15, -0.1) is 0 Å². The van der Waals surface area contributed by atoms with E-state index in [1.54, 1.807) is 25.7 Å². The lowest BCUT2D eigenvalue weighted by atomic mass is 10.2. The molecule has 1 aliphatic rings. The molecule has 2 aromatic rings. The molecule has 1 N–H and O–H groups in total. The fourth-order valence-corrected chi connectivity index (χ4v) is 3.47. The molecule has 8 nitrogen and oxygen atoms in total. The van der Waals surface area contributed by atoms with E-state index in [1.165, 1.54) is 0 Å². The van der Waals surface area contributed by atoms with Crippen molar-refractivity contribution in [3.05, 3.63) is 52.3 Å². The second kappa shape index (κ2) is 8.86. The quantitative estimate of drug-likeness (QED) is 0.745. The van der Waals surface area contributed by atoms with Gasteiger partial charge in [-0.2, -0.15) is 5.10 Å². The van der Waals surface area contributed by atoms with E-state index in [2.05, 4.69) is 26.3 Å². The second-order valence-electron chi connectivity index (χ2n) is 7.85. The minimum atomic E-state index is -0.592. The summed E-state index contributed by atoms with van der Waals surface area (Å²) < 4.78 is 13.3. The zero-order valence-corrected chi connectivity index (χ0v) is 18.3. The molecule has 0 bridgehead atoms. The summed E-state index contributed by atoms with van der Waals surface area (Å²) in [5.74, 6) is 0. The maximum absolute atomic E-state index is 12.8. The van der Waals surface area contributed by atoms with Crippen LogP contribution in [0.2, 0.25) is 0 Å². The molecular weight excluding hydrogens is 440 g/mol. The fourth-order valence-electron chi connectivity index (χ4n) is 3.01. The van der Waals surface area contributed by atoms with Crippen LogP contribution < -0.4 is 5.32 Å². The van der Waals surface area contributed by atoms with Crippen LogP contribution in [-0.4, -0.2) is 45.1 Å². The minimum Gasteiger partial charge on any atom is -0.445 e. The standard InChI is InChI=1S/C20H25BrN4O4/c1-20(2,3)29-18(26)22-10-16-12-25-15(9-17(21)23-25)11-24(16)19(27)28-13-14-7-5-4-6-8-14/h4-9,16H,10-13H2,1-3H3,(H,22,26). The zero-order chi connectivity index (χ0) is 21.0. The van der Waals surface area contributed by atoms with Crippen molar-refractivity contribution < 1.29 is 19.1 Å². The van der Waals surface area contributed by atoms with E-state index in [0.29, 0.717) is 17.7 Å². The van der Waals surface area contributed by atoms with Crippen molar-refractivity contribution in [2.24, 2.45) is 0 Å². The smallest absolute Gasteiger partial charge is 0.410 e. The Balaban J connectivity index is 1.67. The lowest BCUT2D eigenvalue weighted by molar-refractivity contribution is 0.0442. The first-order valence-corrected chi connectivity index (χ1v) is 10.2. The van der Waals surface area contributed by atoms with Crippen LogP contribution in [0.3, 0.4) is 0 Å². The lowest BCUT2D eigenvalue weighted by Crippen LogP contribution is -2.52. The Morgan fingerprint density at radius 1 is 1.28 bits per heavy atom. The number of carbonyl (C=O) groups is 2. The average Bonchev–Trinajstić information content (AvgIpc) is 3.02. The van der Waals surface area contributed by atoms with Gasteiger partial charge in [0.15, 0.2) is 0 Å². The van der Waals surface area contributed by atoms with Gasteiger partial charge < -0.3 is 14.8 Å². The van der Waals surface area contributed by atoms with Crippen LogP contribution in [0, 0.1) is 0 Å². The van der Waals surface area contributed by atoms with E-state index >= 15 is 0 Å². The second-order valence-corrected chi connectivity index (χ2v) is 8.66. The highest BCUT2D eigenvalue weighted by atomic mass is 79.9. The van der Waals surface area contributed by atoms with Crippen molar-refractivity contribution in [2.75, 3.05) is 6.54 Å². The van der Waals surface area contributed by atoms with Crippen molar-refractivity contribution in [3.63, 3.8) is 0 Å². The number of hydrogen-bond acceptors (Lipinski definition) is 5. The molecule has 0 spiro atoms. The number of amides is 2. The summed E-state index contributed by atoms with van der Waals surface area (Å²) in [7, 11) is 0. The van der Waals surface area contributed by atoms with Crippen LogP contribution in [0.5, 0.6) is 0 Å². The van der Waals surface area contributed by atoms with Crippen LogP contribution in [0.25, 0.3) is 0 Å². The summed E-state index contributed by atoms with van der Waals surface area (Å²) in [5.41, 5.74) is 1.21. The van der Waals surface area contributed by atoms with Gasteiger partial charge >= 0.3 is 12.2 Å². The number of halogens is 1. The molecule has 0 radical (unpaired) electrons. The normalized spacial score (nSPS) is 16.1. The Kier molecular flexibility index (Phi) is 6.46. The van der Waals surface area contributed by atoms with Crippen molar-refractivity contribution in [1.29, 1.82) is 0 Å². The predicted octanol–water partition coefficient (Wildman–Crippen LogP) is 3.69. The molecule has 0 saturated carbocycles. The third-order valence-electron chi connectivity index (χ3n) is 4.31. The highest BCUT2D eigenvalue weighted by molar-refractivity contribution is 9.10. The van der Waals surface area contributed by atoms with Crippen LogP contribution in [-0.2, 0) is 29.2 Å². The molecule has 29 heavy (non-hydrogen) atoms. The summed E-state index contributed by atoms with van der Waals surface area (Å²) in [6.45, 7) is 6.59. The first kappa shape index (κ1) is 21.2. The maximum atomic E-state index is 12.8. The molecule has 1 aromatic heterocycles. The Morgan fingerprint density at radius 2 is 2.00 bits per heavy atom. The third-order valence-corrected chi connectivity index (χ3v) is 4.70. The van der Waals surface area contributed by atoms with Gasteiger partial charge in [-0.1, -0.05) is 30.3 Å². The number of alkyl carbamates (subject to hydrolysis) is 1. The van der Waals surface area contributed by atoms with Crippen LogP contribution in [0.15, 0.2) is 41.0 Å². The Morgan fingerprint density at radius 3 is 2.69 bits per heavy atom. The number of rotatable bonds is 4. The molecule has 0 aliphatic carbocycles. The van der Waals surface area contributed by atoms with E-state index < -0.39 is 17.8 Å². The largest absolute Gasteiger partial charge is 0.445 e. The number of ether oxygens (including phenoxy) is 2. The van der Waals surface area contributed by atoms with E-state index in [1.807, 2.05) is 41.1 Å². The lowest BCUT2D eigenvalue weighted by Gasteiger charge is -2.35. The van der Waals surface area contributed by atoms with Crippen LogP contribution >= 0.6 is 15.9 Å². The molecule has 156 valence electrons. The van der Waals surface area contributed by atoms with E-state index in [-0.39, 0.29) is 19.2 Å². The zero-order valence-electron chi connectivity index (χ0n) is 16.7. The molecule has 1 unspecified atom stereocenters. The first-order chi connectivity index (χ1) is 13.7.